The van der Waals surface area contributed by atoms with Crippen LogP contribution in [0.15, 0.2) is 24.7 Å². The minimum atomic E-state index is -4.67. The highest BCUT2D eigenvalue weighted by Crippen LogP contribution is 2.33. The van der Waals surface area contributed by atoms with Gasteiger partial charge in [-0.15, -0.1) is 13.2 Å². The number of hydrogen-bond acceptors (Lipinski definition) is 6. The van der Waals surface area contributed by atoms with Crippen molar-refractivity contribution in [2.24, 2.45) is 0 Å². The molecule has 1 aliphatic carbocycles. The van der Waals surface area contributed by atoms with Crippen LogP contribution in [-0.4, -0.2) is 68.8 Å². The van der Waals surface area contributed by atoms with E-state index < -0.39 is 25.0 Å². The molecule has 0 aromatic carbocycles. The van der Waals surface area contributed by atoms with Crippen molar-refractivity contribution in [2.75, 3.05) is 25.1 Å². The largest absolute Gasteiger partial charge is 0.522 e. The lowest BCUT2D eigenvalue weighted by molar-refractivity contribution is -0.325. The fourth-order valence-electron chi connectivity index (χ4n) is 2.46. The lowest BCUT2D eigenvalue weighted by Gasteiger charge is -2.06. The molecular weight excluding hydrogens is 449 g/mol. The molecular formula is C19H27F3N6O5. The normalized spacial score (nSPS) is 16.0. The summed E-state index contributed by atoms with van der Waals surface area (Å²) >= 11 is 0. The third kappa shape index (κ3) is 11.3. The Labute approximate surface area is 187 Å². The number of alkyl halides is 3. The van der Waals surface area contributed by atoms with Gasteiger partial charge in [-0.2, -0.15) is 10.2 Å². The van der Waals surface area contributed by atoms with Gasteiger partial charge < -0.3 is 20.5 Å². The topological polar surface area (TPSA) is 143 Å². The van der Waals surface area contributed by atoms with Crippen LogP contribution in [0.3, 0.4) is 0 Å². The van der Waals surface area contributed by atoms with Gasteiger partial charge >= 0.3 is 12.5 Å². The molecule has 2 aliphatic rings. The van der Waals surface area contributed by atoms with E-state index in [-0.39, 0.29) is 17.6 Å². The molecule has 1 aliphatic heterocycles. The Bertz CT molecular complexity index is 856. The van der Waals surface area contributed by atoms with Gasteiger partial charge in [-0.3, -0.25) is 19.3 Å². The number of aromatic nitrogens is 4. The average Bonchev–Trinajstić information content (AvgIpc) is 3.27. The number of H-pyrrole nitrogens is 1. The highest BCUT2D eigenvalue weighted by atomic mass is 19.4. The number of hydrogen-bond donors (Lipinski definition) is 4. The molecule has 14 heteroatoms. The zero-order valence-electron chi connectivity index (χ0n) is 18.0. The maximum absolute atomic E-state index is 11.8. The van der Waals surface area contributed by atoms with E-state index in [1.54, 1.807) is 6.07 Å². The van der Waals surface area contributed by atoms with Gasteiger partial charge in [0, 0.05) is 31.0 Å². The molecule has 2 aromatic heterocycles. The number of carbonyl (C=O) groups is 2. The van der Waals surface area contributed by atoms with Crippen LogP contribution in [0.1, 0.15) is 43.0 Å². The molecule has 1 saturated heterocycles. The number of carboxylic acid groups (broad SMARTS) is 1. The summed E-state index contributed by atoms with van der Waals surface area (Å²) in [6.07, 6.45) is 2.98. The van der Waals surface area contributed by atoms with Crippen molar-refractivity contribution < 1.29 is 37.3 Å². The lowest BCUT2D eigenvalue weighted by atomic mass is 10.3. The summed E-state index contributed by atoms with van der Waals surface area (Å²) in [6, 6.07) is 1.56. The van der Waals surface area contributed by atoms with Gasteiger partial charge in [-0.25, -0.2) is 4.79 Å². The zero-order valence-corrected chi connectivity index (χ0v) is 18.0. The highest BCUT2D eigenvalue weighted by Gasteiger charge is 2.38. The van der Waals surface area contributed by atoms with E-state index in [2.05, 4.69) is 30.7 Å². The molecule has 0 spiro atoms. The monoisotopic (exact) mass is 476 g/mol. The Kier molecular flexibility index (Phi) is 9.66. The summed E-state index contributed by atoms with van der Waals surface area (Å²) in [5.41, 5.74) is 0.137. The third-order valence-corrected chi connectivity index (χ3v) is 4.47. The van der Waals surface area contributed by atoms with Gasteiger partial charge in [0.2, 0.25) is 0 Å². The van der Waals surface area contributed by atoms with Gasteiger partial charge in [0.1, 0.15) is 5.82 Å². The molecule has 2 aromatic rings. The van der Waals surface area contributed by atoms with E-state index in [0.717, 1.165) is 26.1 Å². The summed E-state index contributed by atoms with van der Waals surface area (Å²) < 4.78 is 45.1. The van der Waals surface area contributed by atoms with E-state index in [9.17, 15) is 22.8 Å². The molecule has 0 bridgehead atoms. The number of amides is 2. The van der Waals surface area contributed by atoms with Crippen molar-refractivity contribution in [1.82, 2.24) is 25.3 Å². The van der Waals surface area contributed by atoms with Crippen LogP contribution in [0.5, 0.6) is 0 Å². The third-order valence-electron chi connectivity index (χ3n) is 4.47. The second-order valence-electron chi connectivity index (χ2n) is 7.52. The summed E-state index contributed by atoms with van der Waals surface area (Å²) in [6.45, 7) is 3.21. The van der Waals surface area contributed by atoms with E-state index >= 15 is 0 Å². The van der Waals surface area contributed by atoms with Crippen LogP contribution in [0.4, 0.5) is 23.8 Å². The fraction of sp³-hybridized carbons (Fsp3) is 0.579. The fourth-order valence-corrected chi connectivity index (χ4v) is 2.46. The number of ether oxygens (including phenoxy) is 2. The van der Waals surface area contributed by atoms with Gasteiger partial charge in [0.25, 0.3) is 5.91 Å². The molecule has 2 fully saturated rings. The zero-order chi connectivity index (χ0) is 24.3. The van der Waals surface area contributed by atoms with E-state index in [4.69, 9.17) is 9.84 Å². The first-order valence-corrected chi connectivity index (χ1v) is 10.2. The smallest absolute Gasteiger partial charge is 0.465 e. The van der Waals surface area contributed by atoms with Crippen molar-refractivity contribution in [1.29, 1.82) is 0 Å². The number of nitrogens with one attached hydrogen (secondary N) is 3. The molecule has 3 heterocycles. The van der Waals surface area contributed by atoms with Crippen LogP contribution in [0.2, 0.25) is 0 Å². The first-order valence-electron chi connectivity index (χ1n) is 10.2. The van der Waals surface area contributed by atoms with Crippen molar-refractivity contribution in [2.45, 2.75) is 51.1 Å². The SMILES string of the molecule is C1CCOC1.CC1(NC(=O)O)CC1.O=C(Nc1ccn[nH]1)c1cnn(CCOC(F)(F)F)c1. The van der Waals surface area contributed by atoms with Crippen LogP contribution in [0, 0.1) is 0 Å². The Morgan fingerprint density at radius 2 is 2.03 bits per heavy atom. The quantitative estimate of drug-likeness (QED) is 0.502. The summed E-state index contributed by atoms with van der Waals surface area (Å²) in [4.78, 5) is 21.7. The molecule has 11 nitrogen and oxygen atoms in total. The number of nitrogens with zero attached hydrogens (tertiary/aromatic N) is 3. The van der Waals surface area contributed by atoms with E-state index in [1.807, 2.05) is 6.92 Å². The Morgan fingerprint density at radius 3 is 2.48 bits per heavy atom. The first kappa shape index (κ1) is 26.1. The molecule has 0 atom stereocenters. The van der Waals surface area contributed by atoms with Gasteiger partial charge in [-0.05, 0) is 32.6 Å². The van der Waals surface area contributed by atoms with Crippen molar-refractivity contribution >= 4 is 17.8 Å². The molecule has 33 heavy (non-hydrogen) atoms. The Balaban J connectivity index is 0.000000240. The summed E-state index contributed by atoms with van der Waals surface area (Å²) in [5.74, 6) is -0.0413. The second-order valence-corrected chi connectivity index (χ2v) is 7.52. The number of anilines is 1. The van der Waals surface area contributed by atoms with Crippen LogP contribution in [-0.2, 0) is 16.0 Å². The van der Waals surface area contributed by atoms with Gasteiger partial charge in [-0.1, -0.05) is 0 Å². The molecule has 2 amide bonds. The minimum absolute atomic E-state index is 0.0775. The number of aromatic amines is 1. The standard InChI is InChI=1S/C10H10F3N5O2.C5H9NO2.C4H8O/c11-10(12,13)20-4-3-18-6-7(5-15-18)9(19)16-8-1-2-14-17-8;1-5(2-3-5)6-4(7)8;1-2-4-5-3-1/h1-2,5-6H,3-4H2,(H2,14,16,17,19);6H,2-3H2,1H3,(H,7,8);1-4H2. The number of carbonyl (C=O) groups excluding carboxylic acids is 1. The molecule has 184 valence electrons. The minimum Gasteiger partial charge on any atom is -0.465 e. The molecule has 4 rings (SSSR count). The van der Waals surface area contributed by atoms with Crippen LogP contribution < -0.4 is 10.6 Å². The summed E-state index contributed by atoms with van der Waals surface area (Å²) in [7, 11) is 0. The second kappa shape index (κ2) is 12.2. The van der Waals surface area contributed by atoms with E-state index in [1.165, 1.54) is 36.1 Å². The van der Waals surface area contributed by atoms with Crippen molar-refractivity contribution in [3.63, 3.8) is 0 Å². The maximum Gasteiger partial charge on any atom is 0.522 e. The predicted molar refractivity (Wildman–Crippen MR) is 110 cm³/mol. The lowest BCUT2D eigenvalue weighted by Crippen LogP contribution is -2.32. The van der Waals surface area contributed by atoms with Crippen molar-refractivity contribution in [3.05, 3.63) is 30.2 Å². The Morgan fingerprint density at radius 1 is 1.33 bits per heavy atom. The van der Waals surface area contributed by atoms with Gasteiger partial charge in [0.15, 0.2) is 0 Å². The summed E-state index contributed by atoms with van der Waals surface area (Å²) in [5, 5.41) is 23.1. The van der Waals surface area contributed by atoms with Crippen LogP contribution >= 0.6 is 0 Å². The van der Waals surface area contributed by atoms with Crippen molar-refractivity contribution in [3.8, 4) is 0 Å². The van der Waals surface area contributed by atoms with E-state index in [0.29, 0.717) is 5.82 Å². The number of rotatable bonds is 6. The predicted octanol–water partition coefficient (Wildman–Crippen LogP) is 3.00. The number of halogens is 3. The molecule has 0 unspecified atom stereocenters. The molecule has 4 N–H and O–H groups in total. The van der Waals surface area contributed by atoms with Crippen LogP contribution in [0.25, 0.3) is 0 Å². The average molecular weight is 476 g/mol. The molecule has 1 saturated carbocycles. The maximum atomic E-state index is 11.8. The Hall–Kier alpha value is -3.13. The molecule has 0 radical (unpaired) electrons. The highest BCUT2D eigenvalue weighted by molar-refractivity contribution is 6.03. The first-order chi connectivity index (χ1) is 15.6. The van der Waals surface area contributed by atoms with Gasteiger partial charge in [0.05, 0.1) is 31.1 Å².